The molecule has 1 heterocycles. The summed E-state index contributed by atoms with van der Waals surface area (Å²) in [7, 11) is 0. The van der Waals surface area contributed by atoms with Gasteiger partial charge in [0, 0.05) is 28.2 Å². The van der Waals surface area contributed by atoms with Gasteiger partial charge in [-0.05, 0) is 68.7 Å². The van der Waals surface area contributed by atoms with Crippen LogP contribution in [0.4, 0.5) is 20.4 Å². The van der Waals surface area contributed by atoms with Gasteiger partial charge < -0.3 is 10.6 Å². The van der Waals surface area contributed by atoms with E-state index in [9.17, 15) is 13.6 Å². The highest BCUT2D eigenvalue weighted by molar-refractivity contribution is 6.31. The van der Waals surface area contributed by atoms with Crippen molar-refractivity contribution in [3.8, 4) is 0 Å². The number of aromatic nitrogens is 2. The SMILES string of the molecule is Cc1cc(C)nc(NC2CCc3c(C(=O)Nc4ccc(F)c(Cl)c4)ccc(F)c32)n1. The van der Waals surface area contributed by atoms with Crippen LogP contribution in [0.2, 0.25) is 5.02 Å². The first kappa shape index (κ1) is 20.2. The van der Waals surface area contributed by atoms with Gasteiger partial charge in [-0.15, -0.1) is 0 Å². The number of halogens is 3. The summed E-state index contributed by atoms with van der Waals surface area (Å²) in [6.07, 6.45) is 1.14. The molecule has 5 nitrogen and oxygen atoms in total. The molecule has 154 valence electrons. The van der Waals surface area contributed by atoms with Gasteiger partial charge >= 0.3 is 0 Å². The molecule has 1 aliphatic carbocycles. The Morgan fingerprint density at radius 3 is 2.47 bits per heavy atom. The van der Waals surface area contributed by atoms with E-state index >= 15 is 0 Å². The van der Waals surface area contributed by atoms with Crippen LogP contribution >= 0.6 is 11.6 Å². The molecule has 8 heteroatoms. The molecule has 0 fully saturated rings. The summed E-state index contributed by atoms with van der Waals surface area (Å²) in [6, 6.07) is 8.20. The molecule has 2 aromatic carbocycles. The summed E-state index contributed by atoms with van der Waals surface area (Å²) in [6.45, 7) is 3.74. The Kier molecular flexibility index (Phi) is 5.39. The maximum Gasteiger partial charge on any atom is 0.255 e. The predicted octanol–water partition coefficient (Wildman–Crippen LogP) is 5.38. The quantitative estimate of drug-likeness (QED) is 0.585. The predicted molar refractivity (Wildman–Crippen MR) is 112 cm³/mol. The first-order chi connectivity index (χ1) is 14.3. The zero-order valence-corrected chi connectivity index (χ0v) is 17.1. The van der Waals surface area contributed by atoms with Crippen LogP contribution in [-0.2, 0) is 6.42 Å². The molecular weight excluding hydrogens is 410 g/mol. The van der Waals surface area contributed by atoms with Gasteiger partial charge in [0.2, 0.25) is 5.95 Å². The first-order valence-electron chi connectivity index (χ1n) is 9.48. The minimum Gasteiger partial charge on any atom is -0.347 e. The smallest absolute Gasteiger partial charge is 0.255 e. The van der Waals surface area contributed by atoms with E-state index in [-0.39, 0.29) is 16.9 Å². The third-order valence-electron chi connectivity index (χ3n) is 5.04. The van der Waals surface area contributed by atoms with E-state index in [4.69, 9.17) is 11.6 Å². The lowest BCUT2D eigenvalue weighted by Crippen LogP contribution is -2.16. The van der Waals surface area contributed by atoms with E-state index in [1.165, 1.54) is 30.3 Å². The summed E-state index contributed by atoms with van der Waals surface area (Å²) in [5, 5.41) is 5.81. The van der Waals surface area contributed by atoms with Crippen molar-refractivity contribution in [1.29, 1.82) is 0 Å². The monoisotopic (exact) mass is 428 g/mol. The van der Waals surface area contributed by atoms with Crippen LogP contribution in [0.5, 0.6) is 0 Å². The van der Waals surface area contributed by atoms with Crippen LogP contribution in [0.15, 0.2) is 36.4 Å². The number of amides is 1. The van der Waals surface area contributed by atoms with Crippen LogP contribution in [-0.4, -0.2) is 15.9 Å². The standard InChI is InChI=1S/C22H19ClF2N4O/c1-11-9-12(2)27-22(26-11)29-19-8-5-14-15(4-7-18(25)20(14)19)21(30)28-13-3-6-17(24)16(23)10-13/h3-4,6-7,9-10,19H,5,8H2,1-2H3,(H,28,30)(H,26,27,29). The van der Waals surface area contributed by atoms with Crippen LogP contribution in [0.25, 0.3) is 0 Å². The minimum absolute atomic E-state index is 0.0881. The Hall–Kier alpha value is -3.06. The fourth-order valence-corrected chi connectivity index (χ4v) is 3.97. The van der Waals surface area contributed by atoms with Gasteiger partial charge in [-0.25, -0.2) is 18.7 Å². The summed E-state index contributed by atoms with van der Waals surface area (Å²) >= 11 is 5.78. The van der Waals surface area contributed by atoms with E-state index in [0.717, 1.165) is 11.4 Å². The zero-order chi connectivity index (χ0) is 21.4. The highest BCUT2D eigenvalue weighted by atomic mass is 35.5. The Morgan fingerprint density at radius 1 is 1.07 bits per heavy atom. The van der Waals surface area contributed by atoms with Gasteiger partial charge in [0.25, 0.3) is 5.91 Å². The number of anilines is 2. The lowest BCUT2D eigenvalue weighted by atomic mass is 10.0. The first-order valence-corrected chi connectivity index (χ1v) is 9.86. The van der Waals surface area contributed by atoms with Crippen LogP contribution in [0, 0.1) is 25.5 Å². The maximum atomic E-state index is 14.7. The van der Waals surface area contributed by atoms with Gasteiger partial charge in [0.05, 0.1) is 11.1 Å². The average Bonchev–Trinajstić information content (AvgIpc) is 3.08. The number of aryl methyl sites for hydroxylation is 2. The molecule has 30 heavy (non-hydrogen) atoms. The average molecular weight is 429 g/mol. The Labute approximate surface area is 177 Å². The second-order valence-electron chi connectivity index (χ2n) is 7.28. The number of hydrogen-bond acceptors (Lipinski definition) is 4. The number of nitrogens with zero attached hydrogens (tertiary/aromatic N) is 2. The molecular formula is C22H19ClF2N4O. The third-order valence-corrected chi connectivity index (χ3v) is 5.33. The fraction of sp³-hybridized carbons (Fsp3) is 0.227. The summed E-state index contributed by atoms with van der Waals surface area (Å²) in [5.41, 5.74) is 3.45. The second kappa shape index (κ2) is 7.99. The highest BCUT2D eigenvalue weighted by Crippen LogP contribution is 2.37. The van der Waals surface area contributed by atoms with Crippen LogP contribution in [0.3, 0.4) is 0 Å². The topological polar surface area (TPSA) is 66.9 Å². The molecule has 1 aliphatic rings. The second-order valence-corrected chi connectivity index (χ2v) is 7.69. The molecule has 1 atom stereocenters. The van der Waals surface area contributed by atoms with Crippen molar-refractivity contribution in [3.05, 3.63) is 81.1 Å². The lowest BCUT2D eigenvalue weighted by Gasteiger charge is -2.16. The molecule has 3 aromatic rings. The lowest BCUT2D eigenvalue weighted by molar-refractivity contribution is 0.102. The van der Waals surface area contributed by atoms with Crippen LogP contribution in [0.1, 0.15) is 45.3 Å². The van der Waals surface area contributed by atoms with E-state index in [1.54, 1.807) is 0 Å². The maximum absolute atomic E-state index is 14.7. The fourth-order valence-electron chi connectivity index (χ4n) is 3.79. The van der Waals surface area contributed by atoms with Gasteiger partial charge in [0.1, 0.15) is 11.6 Å². The molecule has 1 unspecified atom stereocenters. The third kappa shape index (κ3) is 3.98. The highest BCUT2D eigenvalue weighted by Gasteiger charge is 2.30. The molecule has 2 N–H and O–H groups in total. The van der Waals surface area contributed by atoms with Crippen molar-refractivity contribution in [3.63, 3.8) is 0 Å². The molecule has 0 saturated carbocycles. The molecule has 4 rings (SSSR count). The summed E-state index contributed by atoms with van der Waals surface area (Å²) in [4.78, 5) is 21.5. The molecule has 0 spiro atoms. The molecule has 1 aromatic heterocycles. The largest absolute Gasteiger partial charge is 0.347 e. The molecule has 0 radical (unpaired) electrons. The number of carbonyl (C=O) groups excluding carboxylic acids is 1. The summed E-state index contributed by atoms with van der Waals surface area (Å²) < 4.78 is 28.0. The van der Waals surface area contributed by atoms with E-state index in [1.807, 2.05) is 19.9 Å². The number of carbonyl (C=O) groups is 1. The van der Waals surface area contributed by atoms with Crippen molar-refractivity contribution in [1.82, 2.24) is 9.97 Å². The minimum atomic E-state index is -0.570. The Balaban J connectivity index is 1.62. The van der Waals surface area contributed by atoms with Gasteiger partial charge in [-0.2, -0.15) is 0 Å². The van der Waals surface area contributed by atoms with E-state index < -0.39 is 11.7 Å². The number of fused-ring (bicyclic) bond motifs is 1. The van der Waals surface area contributed by atoms with Gasteiger partial charge in [-0.3, -0.25) is 4.79 Å². The molecule has 0 bridgehead atoms. The van der Waals surface area contributed by atoms with E-state index in [0.29, 0.717) is 41.2 Å². The van der Waals surface area contributed by atoms with Crippen molar-refractivity contribution in [2.24, 2.45) is 0 Å². The normalized spacial score (nSPS) is 15.0. The van der Waals surface area contributed by atoms with Crippen LogP contribution < -0.4 is 10.6 Å². The van der Waals surface area contributed by atoms with Crippen molar-refractivity contribution < 1.29 is 13.6 Å². The Bertz CT molecular complexity index is 1130. The van der Waals surface area contributed by atoms with Crippen molar-refractivity contribution in [2.75, 3.05) is 10.6 Å². The van der Waals surface area contributed by atoms with Gasteiger partial charge in [0.15, 0.2) is 0 Å². The molecule has 0 aliphatic heterocycles. The summed E-state index contributed by atoms with van der Waals surface area (Å²) in [5.74, 6) is -0.927. The van der Waals surface area contributed by atoms with Crippen molar-refractivity contribution >= 4 is 29.1 Å². The van der Waals surface area contributed by atoms with Crippen molar-refractivity contribution in [2.45, 2.75) is 32.7 Å². The molecule has 0 saturated heterocycles. The zero-order valence-electron chi connectivity index (χ0n) is 16.4. The molecule has 1 amide bonds. The number of hydrogen-bond donors (Lipinski definition) is 2. The Morgan fingerprint density at radius 2 is 1.77 bits per heavy atom. The number of benzene rings is 2. The van der Waals surface area contributed by atoms with E-state index in [2.05, 4.69) is 20.6 Å². The number of rotatable bonds is 4. The van der Waals surface area contributed by atoms with Gasteiger partial charge in [-0.1, -0.05) is 11.6 Å². The number of nitrogens with one attached hydrogen (secondary N) is 2.